The molecular weight excluding hydrogens is 391 g/mol. The minimum atomic E-state index is -1.23. The monoisotopic (exact) mass is 430 g/mol. The van der Waals surface area contributed by atoms with Gasteiger partial charge in [0, 0.05) is 5.92 Å². The van der Waals surface area contributed by atoms with Gasteiger partial charge in [-0.05, 0) is 86.4 Å². The van der Waals surface area contributed by atoms with Crippen LogP contribution in [0.4, 0.5) is 4.39 Å². The summed E-state index contributed by atoms with van der Waals surface area (Å²) in [6.07, 6.45) is 2.16. The van der Waals surface area contributed by atoms with E-state index in [1.807, 2.05) is 32.9 Å². The first-order valence-corrected chi connectivity index (χ1v) is 11.7. The molecule has 0 heterocycles. The number of hydrogen-bond acceptors (Lipinski definition) is 0. The molecule has 0 saturated carbocycles. The van der Waals surface area contributed by atoms with E-state index in [4.69, 9.17) is 0 Å². The van der Waals surface area contributed by atoms with E-state index in [1.165, 1.54) is 39.8 Å². The van der Waals surface area contributed by atoms with E-state index in [0.29, 0.717) is 5.92 Å². The van der Waals surface area contributed by atoms with Gasteiger partial charge in [0.1, 0.15) is 5.67 Å². The maximum Gasteiger partial charge on any atom is 0.130 e. The average molecular weight is 431 g/mol. The molecule has 1 aliphatic rings. The van der Waals surface area contributed by atoms with Gasteiger partial charge in [-0.2, -0.15) is 0 Å². The lowest BCUT2D eigenvalue weighted by Gasteiger charge is -2.19. The van der Waals surface area contributed by atoms with Gasteiger partial charge in [-0.1, -0.05) is 86.2 Å². The summed E-state index contributed by atoms with van der Waals surface area (Å²) in [5, 5.41) is 0. The summed E-state index contributed by atoms with van der Waals surface area (Å²) in [5.41, 5.74) is 8.95. The first-order chi connectivity index (χ1) is 15.1. The molecule has 3 aromatic carbocycles. The number of fused-ring (bicyclic) bond motifs is 3. The Morgan fingerprint density at radius 3 is 1.72 bits per heavy atom. The highest BCUT2D eigenvalue weighted by molar-refractivity contribution is 5.78. The maximum absolute atomic E-state index is 13.7. The number of halogens is 1. The minimum absolute atomic E-state index is 0.609. The molecule has 0 nitrogen and oxygen atoms in total. The first-order valence-electron chi connectivity index (χ1n) is 11.7. The molecule has 0 aromatic heterocycles. The minimum Gasteiger partial charge on any atom is -0.239 e. The van der Waals surface area contributed by atoms with Gasteiger partial charge in [-0.25, -0.2) is 4.39 Å². The zero-order valence-corrected chi connectivity index (χ0v) is 20.9. The fraction of sp³-hybridized carbons (Fsp3) is 0.355. The Bertz CT molecular complexity index is 987. The molecule has 170 valence electrons. The number of aryl methyl sites for hydroxylation is 1. The van der Waals surface area contributed by atoms with Crippen molar-refractivity contribution in [3.05, 3.63) is 107 Å². The topological polar surface area (TPSA) is 0 Å². The van der Waals surface area contributed by atoms with Crippen molar-refractivity contribution in [3.63, 3.8) is 0 Å². The Hall–Kier alpha value is -2.67. The van der Waals surface area contributed by atoms with Crippen LogP contribution >= 0.6 is 0 Å². The van der Waals surface area contributed by atoms with E-state index in [-0.39, 0.29) is 0 Å². The van der Waals surface area contributed by atoms with E-state index in [1.54, 1.807) is 13.8 Å². The van der Waals surface area contributed by atoms with Crippen molar-refractivity contribution in [2.45, 2.75) is 72.9 Å². The van der Waals surface area contributed by atoms with Crippen LogP contribution in [0.1, 0.15) is 81.7 Å². The van der Waals surface area contributed by atoms with Crippen LogP contribution in [-0.4, -0.2) is 0 Å². The third-order valence-corrected chi connectivity index (χ3v) is 5.84. The summed E-state index contributed by atoms with van der Waals surface area (Å²) in [4.78, 5) is 0. The Morgan fingerprint density at radius 2 is 1.31 bits per heavy atom. The molecule has 0 atom stereocenters. The molecule has 0 radical (unpaired) electrons. The van der Waals surface area contributed by atoms with Crippen LogP contribution in [0.3, 0.4) is 0 Å². The van der Waals surface area contributed by atoms with Crippen LogP contribution in [0.15, 0.2) is 78.9 Å². The van der Waals surface area contributed by atoms with Gasteiger partial charge in [0.2, 0.25) is 0 Å². The highest BCUT2D eigenvalue weighted by atomic mass is 19.1. The lowest BCUT2D eigenvalue weighted by Crippen LogP contribution is -2.12. The van der Waals surface area contributed by atoms with Crippen LogP contribution in [0.5, 0.6) is 0 Å². The largest absolute Gasteiger partial charge is 0.239 e. The number of rotatable bonds is 3. The Kier molecular flexibility index (Phi) is 9.01. The number of allylic oxidation sites excluding steroid dienone is 1. The SMILES string of the molecule is C=C(C)C.CCC1c2ccccc2-c2ccccc21.CCc1cccc(C(C)(C)F)c1C. The van der Waals surface area contributed by atoms with Gasteiger partial charge >= 0.3 is 0 Å². The van der Waals surface area contributed by atoms with Crippen molar-refractivity contribution < 1.29 is 4.39 Å². The Balaban J connectivity index is 0.000000197. The molecule has 0 aliphatic heterocycles. The number of benzene rings is 3. The normalized spacial score (nSPS) is 12.0. The molecule has 32 heavy (non-hydrogen) atoms. The molecule has 0 fully saturated rings. The van der Waals surface area contributed by atoms with E-state index in [0.717, 1.165) is 17.5 Å². The van der Waals surface area contributed by atoms with Gasteiger partial charge < -0.3 is 0 Å². The van der Waals surface area contributed by atoms with E-state index < -0.39 is 5.67 Å². The van der Waals surface area contributed by atoms with Crippen molar-refractivity contribution in [3.8, 4) is 11.1 Å². The van der Waals surface area contributed by atoms with Crippen molar-refractivity contribution in [1.82, 2.24) is 0 Å². The third kappa shape index (κ3) is 6.19. The standard InChI is InChI=1S/C15H14.C12H17F.C4H8/c1-2-11-12-7-3-5-9-14(12)15-10-6-4-8-13(11)15;1-5-10-7-6-8-11(9(10)2)12(3,4)13;1-4(2)3/h3-11H,2H2,1H3;6-8H,5H2,1-4H3;1H2,2-3H3. The summed E-state index contributed by atoms with van der Waals surface area (Å²) in [5.74, 6) is 0.609. The fourth-order valence-electron chi connectivity index (χ4n) is 4.41. The highest BCUT2D eigenvalue weighted by Crippen LogP contribution is 2.45. The molecular formula is C31H39F. The van der Waals surface area contributed by atoms with Gasteiger partial charge in [0.05, 0.1) is 0 Å². The van der Waals surface area contributed by atoms with Crippen LogP contribution in [0.25, 0.3) is 11.1 Å². The van der Waals surface area contributed by atoms with Gasteiger partial charge in [-0.15, -0.1) is 6.58 Å². The second-order valence-electron chi connectivity index (χ2n) is 9.26. The smallest absolute Gasteiger partial charge is 0.130 e. The molecule has 0 bridgehead atoms. The second kappa shape index (κ2) is 11.3. The van der Waals surface area contributed by atoms with Crippen LogP contribution in [0.2, 0.25) is 0 Å². The summed E-state index contributed by atoms with van der Waals surface area (Å²) >= 11 is 0. The lowest BCUT2D eigenvalue weighted by atomic mass is 9.91. The fourth-order valence-corrected chi connectivity index (χ4v) is 4.41. The second-order valence-corrected chi connectivity index (χ2v) is 9.26. The Labute approximate surface area is 195 Å². The quantitative estimate of drug-likeness (QED) is 0.363. The molecule has 4 rings (SSSR count). The predicted octanol–water partition coefficient (Wildman–Crippen LogP) is 9.55. The summed E-state index contributed by atoms with van der Waals surface area (Å²) in [6.45, 7) is 17.1. The highest BCUT2D eigenvalue weighted by Gasteiger charge is 2.26. The number of alkyl halides is 1. The van der Waals surface area contributed by atoms with Gasteiger partial charge in [0.25, 0.3) is 0 Å². The van der Waals surface area contributed by atoms with Crippen LogP contribution in [0, 0.1) is 6.92 Å². The molecule has 1 heteroatoms. The van der Waals surface area contributed by atoms with Gasteiger partial charge in [-0.3, -0.25) is 0 Å². The predicted molar refractivity (Wildman–Crippen MR) is 139 cm³/mol. The van der Waals surface area contributed by atoms with E-state index in [9.17, 15) is 4.39 Å². The Morgan fingerprint density at radius 1 is 0.844 bits per heavy atom. The maximum atomic E-state index is 13.7. The van der Waals surface area contributed by atoms with Crippen molar-refractivity contribution in [2.24, 2.45) is 0 Å². The molecule has 0 saturated heterocycles. The van der Waals surface area contributed by atoms with Crippen molar-refractivity contribution >= 4 is 0 Å². The molecule has 3 aromatic rings. The zero-order valence-electron chi connectivity index (χ0n) is 20.9. The molecule has 0 spiro atoms. The summed E-state index contributed by atoms with van der Waals surface area (Å²) < 4.78 is 13.7. The molecule has 0 N–H and O–H groups in total. The summed E-state index contributed by atoms with van der Waals surface area (Å²) in [7, 11) is 0. The van der Waals surface area contributed by atoms with E-state index >= 15 is 0 Å². The average Bonchev–Trinajstić information content (AvgIpc) is 3.07. The van der Waals surface area contributed by atoms with Crippen LogP contribution < -0.4 is 0 Å². The van der Waals surface area contributed by atoms with Crippen molar-refractivity contribution in [1.29, 1.82) is 0 Å². The van der Waals surface area contributed by atoms with E-state index in [2.05, 4.69) is 75.0 Å². The summed E-state index contributed by atoms with van der Waals surface area (Å²) in [6, 6.07) is 23.4. The van der Waals surface area contributed by atoms with Crippen LogP contribution in [-0.2, 0) is 12.1 Å². The molecule has 0 amide bonds. The van der Waals surface area contributed by atoms with Gasteiger partial charge in [0.15, 0.2) is 0 Å². The molecule has 1 aliphatic carbocycles. The van der Waals surface area contributed by atoms with Crippen molar-refractivity contribution in [2.75, 3.05) is 0 Å². The zero-order chi connectivity index (χ0) is 23.9. The number of hydrogen-bond donors (Lipinski definition) is 0. The lowest BCUT2D eigenvalue weighted by molar-refractivity contribution is 0.220. The first kappa shape index (κ1) is 25.6. The molecule has 0 unspecified atom stereocenters. The third-order valence-electron chi connectivity index (χ3n) is 5.84.